The minimum absolute atomic E-state index is 0.185. The molecule has 0 N–H and O–H groups in total. The van der Waals surface area contributed by atoms with Crippen LogP contribution >= 0.6 is 0 Å². The predicted octanol–water partition coefficient (Wildman–Crippen LogP) is 3.82. The van der Waals surface area contributed by atoms with Gasteiger partial charge in [-0.2, -0.15) is 0 Å². The molecule has 2 rings (SSSR count). The first-order valence-corrected chi connectivity index (χ1v) is 6.01. The van der Waals surface area contributed by atoms with Crippen LogP contribution < -0.4 is 0 Å². The molecule has 1 saturated carbocycles. The first-order chi connectivity index (χ1) is 7.02. The van der Waals surface area contributed by atoms with Gasteiger partial charge in [0.1, 0.15) is 0 Å². The van der Waals surface area contributed by atoms with Gasteiger partial charge in [0, 0.05) is 17.3 Å². The number of rotatable bonds is 2. The molecule has 1 nitrogen and oxygen atoms in total. The maximum atomic E-state index is 4.68. The summed E-state index contributed by atoms with van der Waals surface area (Å²) < 4.78 is 0. The van der Waals surface area contributed by atoms with E-state index in [0.29, 0.717) is 0 Å². The summed E-state index contributed by atoms with van der Waals surface area (Å²) in [6.45, 7) is 8.97. The maximum absolute atomic E-state index is 4.68. The maximum Gasteiger partial charge on any atom is 0.0491 e. The van der Waals surface area contributed by atoms with E-state index in [4.69, 9.17) is 0 Å². The number of aryl methyl sites for hydroxylation is 1. The molecular weight excluding hydrogens is 182 g/mol. The molecule has 1 aliphatic carbocycles. The third kappa shape index (κ3) is 2.22. The average molecular weight is 203 g/mol. The second-order valence-electron chi connectivity index (χ2n) is 5.66. The van der Waals surface area contributed by atoms with Crippen molar-refractivity contribution in [2.75, 3.05) is 0 Å². The molecule has 1 aliphatic rings. The summed E-state index contributed by atoms with van der Waals surface area (Å²) in [5.41, 5.74) is 4.39. The largest absolute Gasteiger partial charge is 0.260 e. The Kier molecular flexibility index (Phi) is 2.57. The van der Waals surface area contributed by atoms with Gasteiger partial charge in [0.2, 0.25) is 0 Å². The first-order valence-electron chi connectivity index (χ1n) is 6.01. The van der Waals surface area contributed by atoms with Gasteiger partial charge in [-0.15, -0.1) is 0 Å². The number of hydrogen-bond acceptors (Lipinski definition) is 1. The molecule has 0 atom stereocenters. The van der Waals surface area contributed by atoms with Gasteiger partial charge in [-0.05, 0) is 36.3 Å². The van der Waals surface area contributed by atoms with E-state index in [1.54, 1.807) is 0 Å². The first kappa shape index (κ1) is 10.7. The fraction of sp³-hybridized carbons (Fsp3) is 0.643. The van der Waals surface area contributed by atoms with E-state index in [9.17, 15) is 0 Å². The molecule has 0 spiro atoms. The monoisotopic (exact) mass is 203 g/mol. The standard InChI is InChI=1S/C14H21N/c1-5-10-8-12(11-6-7-11)13(15-9-10)14(2,3)4/h8-9,11H,5-7H2,1-4H3. The van der Waals surface area contributed by atoms with E-state index in [2.05, 4.69) is 38.7 Å². The highest BCUT2D eigenvalue weighted by Gasteiger charge is 2.30. The summed E-state index contributed by atoms with van der Waals surface area (Å²) in [6.07, 6.45) is 5.86. The van der Waals surface area contributed by atoms with Gasteiger partial charge in [-0.25, -0.2) is 0 Å². The zero-order valence-corrected chi connectivity index (χ0v) is 10.3. The lowest BCUT2D eigenvalue weighted by Gasteiger charge is -2.22. The second-order valence-corrected chi connectivity index (χ2v) is 5.66. The van der Waals surface area contributed by atoms with E-state index < -0.39 is 0 Å². The van der Waals surface area contributed by atoms with Crippen molar-refractivity contribution in [1.29, 1.82) is 0 Å². The van der Waals surface area contributed by atoms with Gasteiger partial charge in [0.25, 0.3) is 0 Å². The summed E-state index contributed by atoms with van der Waals surface area (Å²) in [4.78, 5) is 4.68. The van der Waals surface area contributed by atoms with Crippen molar-refractivity contribution in [3.63, 3.8) is 0 Å². The minimum Gasteiger partial charge on any atom is -0.260 e. The number of hydrogen-bond donors (Lipinski definition) is 0. The molecule has 1 heteroatoms. The van der Waals surface area contributed by atoms with Gasteiger partial charge in [-0.1, -0.05) is 33.8 Å². The van der Waals surface area contributed by atoms with Crippen molar-refractivity contribution < 1.29 is 0 Å². The number of pyridine rings is 1. The van der Waals surface area contributed by atoms with Gasteiger partial charge in [-0.3, -0.25) is 4.98 Å². The molecule has 0 bridgehead atoms. The van der Waals surface area contributed by atoms with Crippen LogP contribution in [0.3, 0.4) is 0 Å². The third-order valence-corrected chi connectivity index (χ3v) is 3.11. The quantitative estimate of drug-likeness (QED) is 0.712. The van der Waals surface area contributed by atoms with Crippen LogP contribution in [0.1, 0.15) is 63.3 Å². The highest BCUT2D eigenvalue weighted by atomic mass is 14.7. The number of aromatic nitrogens is 1. The van der Waals surface area contributed by atoms with Crippen molar-refractivity contribution in [2.45, 2.75) is 58.3 Å². The summed E-state index contributed by atoms with van der Waals surface area (Å²) in [5.74, 6) is 0.804. The highest BCUT2D eigenvalue weighted by Crippen LogP contribution is 2.43. The Balaban J connectivity index is 2.45. The second kappa shape index (κ2) is 3.62. The molecule has 0 aromatic carbocycles. The lowest BCUT2D eigenvalue weighted by molar-refractivity contribution is 0.560. The van der Waals surface area contributed by atoms with E-state index in [1.165, 1.54) is 29.7 Å². The molecule has 0 unspecified atom stereocenters. The Hall–Kier alpha value is -0.850. The zero-order valence-electron chi connectivity index (χ0n) is 10.3. The summed E-state index contributed by atoms with van der Waals surface area (Å²) in [5, 5.41) is 0. The molecule has 1 aromatic heterocycles. The molecule has 0 radical (unpaired) electrons. The van der Waals surface area contributed by atoms with Crippen LogP contribution in [0.5, 0.6) is 0 Å². The van der Waals surface area contributed by atoms with Crippen LogP contribution in [0.25, 0.3) is 0 Å². The Morgan fingerprint density at radius 2 is 2.00 bits per heavy atom. The molecule has 15 heavy (non-hydrogen) atoms. The summed E-state index contributed by atoms with van der Waals surface area (Å²) >= 11 is 0. The lowest BCUT2D eigenvalue weighted by Crippen LogP contribution is -2.16. The van der Waals surface area contributed by atoms with Crippen LogP contribution in [-0.4, -0.2) is 4.98 Å². The van der Waals surface area contributed by atoms with Crippen LogP contribution in [0, 0.1) is 0 Å². The SMILES string of the molecule is CCc1cnc(C(C)(C)C)c(C2CC2)c1. The fourth-order valence-corrected chi connectivity index (χ4v) is 2.05. The zero-order chi connectivity index (χ0) is 11.1. The number of nitrogens with zero attached hydrogens (tertiary/aromatic N) is 1. The van der Waals surface area contributed by atoms with Gasteiger partial charge in [0.15, 0.2) is 0 Å². The van der Waals surface area contributed by atoms with Gasteiger partial charge in [0.05, 0.1) is 0 Å². The van der Waals surface area contributed by atoms with Crippen molar-refractivity contribution in [2.24, 2.45) is 0 Å². The molecule has 1 heterocycles. The van der Waals surface area contributed by atoms with Crippen molar-refractivity contribution in [3.05, 3.63) is 29.1 Å². The Labute approximate surface area is 92.9 Å². The van der Waals surface area contributed by atoms with Crippen LogP contribution in [0.2, 0.25) is 0 Å². The average Bonchev–Trinajstić information content (AvgIpc) is 2.98. The van der Waals surface area contributed by atoms with E-state index in [1.807, 2.05) is 6.20 Å². The summed E-state index contributed by atoms with van der Waals surface area (Å²) in [6, 6.07) is 2.38. The molecular formula is C14H21N. The molecule has 0 saturated heterocycles. The van der Waals surface area contributed by atoms with Crippen LogP contribution in [-0.2, 0) is 11.8 Å². The molecule has 82 valence electrons. The van der Waals surface area contributed by atoms with Crippen LogP contribution in [0.15, 0.2) is 12.3 Å². The van der Waals surface area contributed by atoms with E-state index in [0.717, 1.165) is 12.3 Å². The Morgan fingerprint density at radius 3 is 2.47 bits per heavy atom. The van der Waals surface area contributed by atoms with Gasteiger partial charge < -0.3 is 0 Å². The highest BCUT2D eigenvalue weighted by molar-refractivity contribution is 5.35. The Bertz CT molecular complexity index is 356. The smallest absolute Gasteiger partial charge is 0.0491 e. The lowest BCUT2D eigenvalue weighted by atomic mass is 9.86. The third-order valence-electron chi connectivity index (χ3n) is 3.11. The molecule has 0 aliphatic heterocycles. The van der Waals surface area contributed by atoms with Crippen molar-refractivity contribution in [1.82, 2.24) is 4.98 Å². The minimum atomic E-state index is 0.185. The molecule has 1 fully saturated rings. The van der Waals surface area contributed by atoms with Crippen molar-refractivity contribution >= 4 is 0 Å². The normalized spacial score (nSPS) is 16.8. The van der Waals surface area contributed by atoms with Gasteiger partial charge >= 0.3 is 0 Å². The molecule has 1 aromatic rings. The Morgan fingerprint density at radius 1 is 1.33 bits per heavy atom. The topological polar surface area (TPSA) is 12.9 Å². The molecule has 0 amide bonds. The van der Waals surface area contributed by atoms with E-state index >= 15 is 0 Å². The summed E-state index contributed by atoms with van der Waals surface area (Å²) in [7, 11) is 0. The van der Waals surface area contributed by atoms with Crippen LogP contribution in [0.4, 0.5) is 0 Å². The van der Waals surface area contributed by atoms with Crippen molar-refractivity contribution in [3.8, 4) is 0 Å². The predicted molar refractivity (Wildman–Crippen MR) is 64.3 cm³/mol. The fourth-order valence-electron chi connectivity index (χ4n) is 2.05. The van der Waals surface area contributed by atoms with E-state index in [-0.39, 0.29) is 5.41 Å².